The number of carbonyl (C=O) groups excluding carboxylic acids is 1. The summed E-state index contributed by atoms with van der Waals surface area (Å²) < 4.78 is 5.58. The molecule has 2 aliphatic heterocycles. The first-order valence-electron chi connectivity index (χ1n) is 12.2. The molecule has 2 saturated heterocycles. The first-order valence-corrected chi connectivity index (χ1v) is 12.2. The van der Waals surface area contributed by atoms with Crippen LogP contribution in [0.5, 0.6) is 0 Å². The summed E-state index contributed by atoms with van der Waals surface area (Å²) >= 11 is 0. The number of hydrogen-bond donors (Lipinski definition) is 2. The molecule has 0 bridgehead atoms. The van der Waals surface area contributed by atoms with Crippen molar-refractivity contribution in [3.05, 3.63) is 59.2 Å². The number of nitrogens with one attached hydrogen (secondary N) is 2. The van der Waals surface area contributed by atoms with Crippen molar-refractivity contribution < 1.29 is 14.4 Å². The minimum absolute atomic E-state index is 0.199. The molecule has 0 saturated carbocycles. The summed E-state index contributed by atoms with van der Waals surface area (Å²) in [5.74, 6) is 0.899. The number of carbonyl (C=O) groups is 1. The molecule has 2 heterocycles. The topological polar surface area (TPSA) is 42.8 Å². The third kappa shape index (κ3) is 5.02. The quantitative estimate of drug-likeness (QED) is 0.618. The minimum atomic E-state index is 0.199. The van der Waals surface area contributed by atoms with Gasteiger partial charge in [-0.1, -0.05) is 36.4 Å². The second-order valence-corrected chi connectivity index (χ2v) is 9.67. The van der Waals surface area contributed by atoms with Gasteiger partial charge in [0.15, 0.2) is 0 Å². The van der Waals surface area contributed by atoms with E-state index in [4.69, 9.17) is 4.74 Å². The number of fused-ring (bicyclic) bond motifs is 3. The van der Waals surface area contributed by atoms with Crippen LogP contribution < -0.4 is 10.2 Å². The third-order valence-electron chi connectivity index (χ3n) is 7.46. The number of piperidine rings is 1. The predicted octanol–water partition coefficient (Wildman–Crippen LogP) is 3.13. The highest BCUT2D eigenvalue weighted by Gasteiger charge is 2.24. The van der Waals surface area contributed by atoms with Crippen LogP contribution in [-0.2, 0) is 22.5 Å². The smallest absolute Gasteiger partial charge is 0.220 e. The average Bonchev–Trinajstić information content (AvgIpc) is 3.44. The van der Waals surface area contributed by atoms with Crippen LogP contribution in [0.1, 0.15) is 55.2 Å². The van der Waals surface area contributed by atoms with E-state index >= 15 is 0 Å². The van der Waals surface area contributed by atoms with E-state index < -0.39 is 0 Å². The fraction of sp³-hybridized carbons (Fsp3) is 0.519. The number of hydrogen-bond acceptors (Lipinski definition) is 2. The van der Waals surface area contributed by atoms with Gasteiger partial charge in [-0.2, -0.15) is 0 Å². The molecule has 1 amide bonds. The zero-order valence-electron chi connectivity index (χ0n) is 18.5. The normalized spacial score (nSPS) is 24.6. The summed E-state index contributed by atoms with van der Waals surface area (Å²) in [4.78, 5) is 13.8. The summed E-state index contributed by atoms with van der Waals surface area (Å²) in [6, 6.07) is 15.9. The highest BCUT2D eigenvalue weighted by molar-refractivity contribution is 5.77. The first-order chi connectivity index (χ1) is 15.2. The van der Waals surface area contributed by atoms with Gasteiger partial charge in [0, 0.05) is 25.1 Å². The molecule has 0 spiro atoms. The largest absolute Gasteiger partial charge is 0.376 e. The molecule has 5 rings (SSSR count). The van der Waals surface area contributed by atoms with Crippen LogP contribution >= 0.6 is 0 Å². The zero-order chi connectivity index (χ0) is 21.0. The lowest BCUT2D eigenvalue weighted by molar-refractivity contribution is -0.919. The zero-order valence-corrected chi connectivity index (χ0v) is 18.5. The number of likely N-dealkylation sites (tertiary alicyclic amines) is 1. The molecule has 4 heteroatoms. The molecule has 164 valence electrons. The second kappa shape index (κ2) is 9.54. The summed E-state index contributed by atoms with van der Waals surface area (Å²) in [6.45, 7) is 5.10. The lowest BCUT2D eigenvalue weighted by atomic mass is 9.91. The number of quaternary nitrogens is 1. The van der Waals surface area contributed by atoms with Crippen molar-refractivity contribution in [3.63, 3.8) is 0 Å². The molecular formula is C27H35N2O2+. The van der Waals surface area contributed by atoms with Crippen LogP contribution in [0, 0.1) is 5.92 Å². The number of benzene rings is 2. The van der Waals surface area contributed by atoms with E-state index in [2.05, 4.69) is 47.8 Å². The molecule has 4 nitrogen and oxygen atoms in total. The Kier molecular flexibility index (Phi) is 6.37. The SMILES string of the molecule is O=C(CCC1CC[NH+](Cc2ccc3c(c2)Cc2ccccc2-3)CC1)NCC1CCCO1. The summed E-state index contributed by atoms with van der Waals surface area (Å²) in [5.41, 5.74) is 7.25. The van der Waals surface area contributed by atoms with E-state index in [1.165, 1.54) is 53.7 Å². The molecule has 2 aromatic rings. The van der Waals surface area contributed by atoms with Gasteiger partial charge in [0.05, 0.1) is 19.2 Å². The van der Waals surface area contributed by atoms with Gasteiger partial charge in [0.1, 0.15) is 6.54 Å². The Morgan fingerprint density at radius 3 is 2.71 bits per heavy atom. The second-order valence-electron chi connectivity index (χ2n) is 9.67. The molecule has 2 fully saturated rings. The van der Waals surface area contributed by atoms with Gasteiger partial charge in [-0.15, -0.1) is 0 Å². The van der Waals surface area contributed by atoms with Crippen molar-refractivity contribution >= 4 is 5.91 Å². The summed E-state index contributed by atoms with van der Waals surface area (Å²) in [6.07, 6.45) is 7.70. The van der Waals surface area contributed by atoms with Crippen LogP contribution in [0.4, 0.5) is 0 Å². The summed E-state index contributed by atoms with van der Waals surface area (Å²) in [5, 5.41) is 3.06. The number of amides is 1. The van der Waals surface area contributed by atoms with E-state index in [9.17, 15) is 4.79 Å². The maximum absolute atomic E-state index is 12.2. The van der Waals surface area contributed by atoms with Gasteiger partial charge < -0.3 is 15.0 Å². The Bertz CT molecular complexity index is 911. The van der Waals surface area contributed by atoms with Crippen molar-refractivity contribution in [3.8, 4) is 11.1 Å². The van der Waals surface area contributed by atoms with E-state index in [0.29, 0.717) is 18.9 Å². The van der Waals surface area contributed by atoms with Gasteiger partial charge in [-0.25, -0.2) is 0 Å². The molecule has 1 unspecified atom stereocenters. The average molecular weight is 420 g/mol. The molecule has 2 N–H and O–H groups in total. The Labute approximate surface area is 186 Å². The van der Waals surface area contributed by atoms with Crippen LogP contribution in [0.25, 0.3) is 11.1 Å². The predicted molar refractivity (Wildman–Crippen MR) is 123 cm³/mol. The monoisotopic (exact) mass is 419 g/mol. The van der Waals surface area contributed by atoms with Crippen LogP contribution in [-0.4, -0.2) is 38.3 Å². The molecule has 2 aromatic carbocycles. The molecular weight excluding hydrogens is 384 g/mol. The lowest BCUT2D eigenvalue weighted by Crippen LogP contribution is -3.11. The Balaban J connectivity index is 1.05. The molecule has 31 heavy (non-hydrogen) atoms. The molecule has 1 atom stereocenters. The van der Waals surface area contributed by atoms with E-state index in [1.807, 2.05) is 0 Å². The molecule has 3 aliphatic rings. The highest BCUT2D eigenvalue weighted by atomic mass is 16.5. The molecule has 0 aromatic heterocycles. The summed E-state index contributed by atoms with van der Waals surface area (Å²) in [7, 11) is 0. The van der Waals surface area contributed by atoms with Gasteiger partial charge in [0.2, 0.25) is 5.91 Å². The highest BCUT2D eigenvalue weighted by Crippen LogP contribution is 2.36. The Hall–Kier alpha value is -2.17. The van der Waals surface area contributed by atoms with Gasteiger partial charge in [-0.05, 0) is 72.8 Å². The first kappa shape index (κ1) is 20.7. The molecule has 0 radical (unpaired) electrons. The minimum Gasteiger partial charge on any atom is -0.376 e. The lowest BCUT2D eigenvalue weighted by Gasteiger charge is -2.29. The van der Waals surface area contributed by atoms with Gasteiger partial charge in [-0.3, -0.25) is 4.79 Å². The van der Waals surface area contributed by atoms with Crippen LogP contribution in [0.3, 0.4) is 0 Å². The van der Waals surface area contributed by atoms with Crippen LogP contribution in [0.15, 0.2) is 42.5 Å². The maximum atomic E-state index is 12.2. The van der Waals surface area contributed by atoms with Crippen molar-refractivity contribution in [2.24, 2.45) is 5.92 Å². The van der Waals surface area contributed by atoms with E-state index in [0.717, 1.165) is 38.8 Å². The van der Waals surface area contributed by atoms with E-state index in [1.54, 1.807) is 4.90 Å². The van der Waals surface area contributed by atoms with Crippen molar-refractivity contribution in [1.29, 1.82) is 0 Å². The van der Waals surface area contributed by atoms with Gasteiger partial charge in [0.25, 0.3) is 0 Å². The number of ether oxygens (including phenoxy) is 1. The van der Waals surface area contributed by atoms with Crippen molar-refractivity contribution in [1.82, 2.24) is 5.32 Å². The standard InChI is InChI=1S/C27H34N2O2/c30-27(28-18-24-5-3-15-31-24)10-8-20-11-13-29(14-12-20)19-21-7-9-26-23(16-21)17-22-4-1-2-6-25(22)26/h1-2,4,6-7,9,16,20,24H,3,5,8,10-15,17-19H2,(H,28,30)/p+1. The number of rotatable bonds is 7. The Morgan fingerprint density at radius 1 is 1.03 bits per heavy atom. The van der Waals surface area contributed by atoms with Crippen molar-refractivity contribution in [2.75, 3.05) is 26.2 Å². The fourth-order valence-corrected chi connectivity index (χ4v) is 5.60. The molecule has 1 aliphatic carbocycles. The fourth-order valence-electron chi connectivity index (χ4n) is 5.60. The van der Waals surface area contributed by atoms with Crippen molar-refractivity contribution in [2.45, 2.75) is 57.6 Å². The van der Waals surface area contributed by atoms with E-state index in [-0.39, 0.29) is 12.0 Å². The maximum Gasteiger partial charge on any atom is 0.220 e. The Morgan fingerprint density at radius 2 is 1.87 bits per heavy atom. The van der Waals surface area contributed by atoms with Crippen LogP contribution in [0.2, 0.25) is 0 Å². The third-order valence-corrected chi connectivity index (χ3v) is 7.46. The van der Waals surface area contributed by atoms with Gasteiger partial charge >= 0.3 is 0 Å².